The molecule has 7 nitrogen and oxygen atoms in total. The monoisotopic (exact) mass is 549 g/mol. The van der Waals surface area contributed by atoms with Crippen molar-refractivity contribution in [3.63, 3.8) is 0 Å². The highest BCUT2D eigenvalue weighted by Gasteiger charge is 2.33. The van der Waals surface area contributed by atoms with E-state index in [1.54, 1.807) is 37.3 Å². The Morgan fingerprint density at radius 2 is 1.49 bits per heavy atom. The van der Waals surface area contributed by atoms with Gasteiger partial charge in [-0.2, -0.15) is 0 Å². The molecule has 0 aliphatic carbocycles. The van der Waals surface area contributed by atoms with E-state index in [9.17, 15) is 18.0 Å². The molecule has 0 aliphatic heterocycles. The molecule has 0 fully saturated rings. The van der Waals surface area contributed by atoms with Gasteiger partial charge in [0.25, 0.3) is 10.0 Å². The van der Waals surface area contributed by atoms with Gasteiger partial charge in [0.15, 0.2) is 0 Å². The first-order valence-corrected chi connectivity index (χ1v) is 14.6. The van der Waals surface area contributed by atoms with E-state index in [4.69, 9.17) is 0 Å². The Bertz CT molecular complexity index is 1380. The summed E-state index contributed by atoms with van der Waals surface area (Å²) in [5.74, 6) is -0.789. The number of hydrogen-bond donors (Lipinski definition) is 1. The van der Waals surface area contributed by atoms with Crippen LogP contribution in [-0.2, 0) is 32.6 Å². The number of benzene rings is 3. The van der Waals surface area contributed by atoms with E-state index < -0.39 is 34.1 Å². The normalized spacial score (nSPS) is 12.5. The van der Waals surface area contributed by atoms with E-state index in [0.717, 1.165) is 27.4 Å². The molecule has 1 N–H and O–H groups in total. The van der Waals surface area contributed by atoms with Crippen LogP contribution in [0.15, 0.2) is 83.8 Å². The van der Waals surface area contributed by atoms with E-state index in [1.165, 1.54) is 17.0 Å². The lowest BCUT2D eigenvalue weighted by Crippen LogP contribution is -2.54. The lowest BCUT2D eigenvalue weighted by molar-refractivity contribution is -0.140. The number of carbonyl (C=O) groups is 2. The molecule has 0 unspecified atom stereocenters. The number of aryl methyl sites for hydroxylation is 2. The maximum atomic E-state index is 14.0. The number of amides is 2. The standard InChI is InChI=1S/C31H39N3O4S/c1-7-25-17-19-27(20-18-25)34(39(37,38)28-15-9-8-10-16-28)22-29(35)33(21-26-14-12-11-13-23(26)2)24(3)30(36)32-31(4,5)6/h8-20,24H,7,21-22H2,1-6H3,(H,32,36)/t24-/m1/s1. The number of anilines is 1. The fraction of sp³-hybridized carbons (Fsp3) is 0.355. The van der Waals surface area contributed by atoms with Crippen LogP contribution in [0.5, 0.6) is 0 Å². The number of rotatable bonds is 10. The SMILES string of the molecule is CCc1ccc(N(CC(=O)N(Cc2ccccc2C)[C@H](C)C(=O)NC(C)(C)C)S(=O)(=O)c2ccccc2)cc1. The molecule has 0 spiro atoms. The van der Waals surface area contributed by atoms with Gasteiger partial charge in [0, 0.05) is 12.1 Å². The van der Waals surface area contributed by atoms with Gasteiger partial charge >= 0.3 is 0 Å². The molecule has 8 heteroatoms. The summed E-state index contributed by atoms with van der Waals surface area (Å²) in [5, 5.41) is 2.94. The quantitative estimate of drug-likeness (QED) is 0.382. The predicted octanol–water partition coefficient (Wildman–Crippen LogP) is 5.08. The topological polar surface area (TPSA) is 86.8 Å². The van der Waals surface area contributed by atoms with Crippen molar-refractivity contribution < 1.29 is 18.0 Å². The van der Waals surface area contributed by atoms with E-state index in [2.05, 4.69) is 5.32 Å². The Labute approximate surface area is 232 Å². The highest BCUT2D eigenvalue weighted by atomic mass is 32.2. The molecule has 3 aromatic rings. The van der Waals surface area contributed by atoms with Gasteiger partial charge < -0.3 is 10.2 Å². The van der Waals surface area contributed by atoms with Crippen LogP contribution in [0.4, 0.5) is 5.69 Å². The number of hydrogen-bond acceptors (Lipinski definition) is 4. The average Bonchev–Trinajstić information content (AvgIpc) is 2.90. The van der Waals surface area contributed by atoms with Crippen LogP contribution in [-0.4, -0.2) is 43.3 Å². The van der Waals surface area contributed by atoms with Crippen molar-refractivity contribution in [1.82, 2.24) is 10.2 Å². The molecular weight excluding hydrogens is 510 g/mol. The van der Waals surface area contributed by atoms with Gasteiger partial charge in [0.2, 0.25) is 11.8 Å². The van der Waals surface area contributed by atoms with Crippen molar-refractivity contribution in [1.29, 1.82) is 0 Å². The molecule has 0 aliphatic rings. The number of sulfonamides is 1. The summed E-state index contributed by atoms with van der Waals surface area (Å²) in [6.07, 6.45) is 0.801. The summed E-state index contributed by atoms with van der Waals surface area (Å²) in [6, 6.07) is 22.0. The molecular formula is C31H39N3O4S. The number of nitrogens with one attached hydrogen (secondary N) is 1. The van der Waals surface area contributed by atoms with Crippen LogP contribution >= 0.6 is 0 Å². The van der Waals surface area contributed by atoms with E-state index in [1.807, 2.05) is 71.0 Å². The van der Waals surface area contributed by atoms with Gasteiger partial charge in [-0.25, -0.2) is 8.42 Å². The Balaban J connectivity index is 2.04. The summed E-state index contributed by atoms with van der Waals surface area (Å²) in [7, 11) is -4.07. The van der Waals surface area contributed by atoms with Crippen LogP contribution in [0.3, 0.4) is 0 Å². The van der Waals surface area contributed by atoms with Crippen molar-refractivity contribution in [2.75, 3.05) is 10.8 Å². The second-order valence-corrected chi connectivity index (χ2v) is 12.6. The summed E-state index contributed by atoms with van der Waals surface area (Å²) >= 11 is 0. The minimum absolute atomic E-state index is 0.0846. The molecule has 2 amide bonds. The Morgan fingerprint density at radius 1 is 0.897 bits per heavy atom. The molecule has 3 aromatic carbocycles. The number of nitrogens with zero attached hydrogens (tertiary/aromatic N) is 2. The summed E-state index contributed by atoms with van der Waals surface area (Å²) in [6.45, 7) is 11.0. The lowest BCUT2D eigenvalue weighted by Gasteiger charge is -2.33. The average molecular weight is 550 g/mol. The zero-order valence-electron chi connectivity index (χ0n) is 23.6. The predicted molar refractivity (Wildman–Crippen MR) is 156 cm³/mol. The smallest absolute Gasteiger partial charge is 0.264 e. The zero-order valence-corrected chi connectivity index (χ0v) is 24.5. The molecule has 1 atom stereocenters. The molecule has 0 saturated heterocycles. The lowest BCUT2D eigenvalue weighted by atomic mass is 10.1. The molecule has 0 radical (unpaired) electrons. The molecule has 0 heterocycles. The van der Waals surface area contributed by atoms with Crippen molar-refractivity contribution in [2.24, 2.45) is 0 Å². The van der Waals surface area contributed by atoms with Crippen molar-refractivity contribution in [3.8, 4) is 0 Å². The fourth-order valence-corrected chi connectivity index (χ4v) is 5.61. The van der Waals surface area contributed by atoms with Crippen LogP contribution < -0.4 is 9.62 Å². The van der Waals surface area contributed by atoms with Gasteiger partial charge in [-0.3, -0.25) is 13.9 Å². The molecule has 39 heavy (non-hydrogen) atoms. The maximum Gasteiger partial charge on any atom is 0.264 e. The van der Waals surface area contributed by atoms with Gasteiger partial charge in [-0.15, -0.1) is 0 Å². The first-order valence-electron chi connectivity index (χ1n) is 13.2. The van der Waals surface area contributed by atoms with Crippen molar-refractivity contribution in [2.45, 2.75) is 71.0 Å². The van der Waals surface area contributed by atoms with Crippen LogP contribution in [0.1, 0.15) is 51.3 Å². The molecule has 3 rings (SSSR count). The minimum Gasteiger partial charge on any atom is -0.350 e. The van der Waals surface area contributed by atoms with Crippen LogP contribution in [0.25, 0.3) is 0 Å². The van der Waals surface area contributed by atoms with Gasteiger partial charge in [-0.1, -0.05) is 61.5 Å². The Morgan fingerprint density at radius 3 is 2.05 bits per heavy atom. The van der Waals surface area contributed by atoms with Crippen molar-refractivity contribution in [3.05, 3.63) is 95.6 Å². The third kappa shape index (κ3) is 7.69. The molecule has 208 valence electrons. The van der Waals surface area contributed by atoms with Crippen LogP contribution in [0.2, 0.25) is 0 Å². The minimum atomic E-state index is -4.07. The van der Waals surface area contributed by atoms with Crippen molar-refractivity contribution >= 4 is 27.5 Å². The Kier molecular flexibility index (Phi) is 9.56. The summed E-state index contributed by atoms with van der Waals surface area (Å²) in [5.41, 5.74) is 2.79. The van der Waals surface area contributed by atoms with E-state index in [-0.39, 0.29) is 17.3 Å². The Hall–Kier alpha value is -3.65. The fourth-order valence-electron chi connectivity index (χ4n) is 4.17. The summed E-state index contributed by atoms with van der Waals surface area (Å²) < 4.78 is 28.8. The molecule has 0 saturated carbocycles. The third-order valence-electron chi connectivity index (χ3n) is 6.51. The largest absolute Gasteiger partial charge is 0.350 e. The number of carbonyl (C=O) groups excluding carboxylic acids is 2. The van der Waals surface area contributed by atoms with E-state index >= 15 is 0 Å². The van der Waals surface area contributed by atoms with Crippen LogP contribution in [0, 0.1) is 6.92 Å². The third-order valence-corrected chi connectivity index (χ3v) is 8.30. The highest BCUT2D eigenvalue weighted by Crippen LogP contribution is 2.25. The van der Waals surface area contributed by atoms with Gasteiger partial charge in [-0.05, 0) is 82.0 Å². The molecule has 0 aromatic heterocycles. The van der Waals surface area contributed by atoms with Gasteiger partial charge in [0.05, 0.1) is 10.6 Å². The second-order valence-electron chi connectivity index (χ2n) is 10.7. The highest BCUT2D eigenvalue weighted by molar-refractivity contribution is 7.92. The zero-order chi connectivity index (χ0) is 28.8. The maximum absolute atomic E-state index is 14.0. The first-order chi connectivity index (χ1) is 18.3. The van der Waals surface area contributed by atoms with E-state index in [0.29, 0.717) is 5.69 Å². The summed E-state index contributed by atoms with van der Waals surface area (Å²) in [4.78, 5) is 28.7. The second kappa shape index (κ2) is 12.5. The molecule has 0 bridgehead atoms. The first kappa shape index (κ1) is 29.9. The van der Waals surface area contributed by atoms with Gasteiger partial charge in [0.1, 0.15) is 12.6 Å².